The van der Waals surface area contributed by atoms with Gasteiger partial charge in [-0.05, 0) is 42.8 Å². The molecule has 130 valence electrons. The Bertz CT molecular complexity index is 694. The number of amides is 1. The van der Waals surface area contributed by atoms with Gasteiger partial charge >= 0.3 is 0 Å². The minimum atomic E-state index is -0.410. The van der Waals surface area contributed by atoms with E-state index in [9.17, 15) is 9.18 Å². The zero-order chi connectivity index (χ0) is 16.8. The van der Waals surface area contributed by atoms with E-state index in [1.807, 2.05) is 18.2 Å². The number of hydrogen-bond donors (Lipinski definition) is 2. The van der Waals surface area contributed by atoms with E-state index in [0.717, 1.165) is 11.1 Å². The van der Waals surface area contributed by atoms with Crippen molar-refractivity contribution in [2.45, 2.75) is 19.4 Å². The standard InChI is InChI=1S/C18H20ClFN2O.ClH/c1-12-11-13(7-8-16(12)20)18(22-17(23)9-10-21-2)14-5-3-4-6-15(14)19;/h3-8,11,18,21H,9-10H2,1-2H3,(H,22,23);1H. The molecule has 6 heteroatoms. The van der Waals surface area contributed by atoms with E-state index < -0.39 is 6.04 Å². The summed E-state index contributed by atoms with van der Waals surface area (Å²) in [6, 6.07) is 11.8. The molecule has 24 heavy (non-hydrogen) atoms. The second-order valence-electron chi connectivity index (χ2n) is 5.38. The topological polar surface area (TPSA) is 41.1 Å². The van der Waals surface area contributed by atoms with Gasteiger partial charge < -0.3 is 10.6 Å². The third kappa shape index (κ3) is 5.20. The monoisotopic (exact) mass is 370 g/mol. The predicted octanol–water partition coefficient (Wildman–Crippen LogP) is 4.02. The SMILES string of the molecule is CNCCC(=O)NC(c1ccc(F)c(C)c1)c1ccccc1Cl.Cl. The molecule has 0 radical (unpaired) electrons. The molecular formula is C18H21Cl2FN2O. The van der Waals surface area contributed by atoms with Crippen molar-refractivity contribution in [3.63, 3.8) is 0 Å². The molecule has 2 aromatic rings. The summed E-state index contributed by atoms with van der Waals surface area (Å²) in [5.74, 6) is -0.362. The van der Waals surface area contributed by atoms with Crippen molar-refractivity contribution in [1.29, 1.82) is 0 Å². The lowest BCUT2D eigenvalue weighted by Crippen LogP contribution is -2.31. The predicted molar refractivity (Wildman–Crippen MR) is 98.4 cm³/mol. The minimum absolute atomic E-state index is 0. The molecule has 1 amide bonds. The highest BCUT2D eigenvalue weighted by Crippen LogP contribution is 2.29. The van der Waals surface area contributed by atoms with Crippen LogP contribution in [0, 0.1) is 12.7 Å². The Morgan fingerprint density at radius 3 is 2.58 bits per heavy atom. The van der Waals surface area contributed by atoms with Gasteiger partial charge in [0, 0.05) is 18.0 Å². The number of nitrogens with one attached hydrogen (secondary N) is 2. The second-order valence-corrected chi connectivity index (χ2v) is 5.79. The van der Waals surface area contributed by atoms with E-state index in [-0.39, 0.29) is 24.1 Å². The van der Waals surface area contributed by atoms with Crippen molar-refractivity contribution in [3.05, 3.63) is 70.0 Å². The van der Waals surface area contributed by atoms with Crippen LogP contribution in [-0.4, -0.2) is 19.5 Å². The Hall–Kier alpha value is -1.62. The van der Waals surface area contributed by atoms with Gasteiger partial charge in [-0.15, -0.1) is 12.4 Å². The third-order valence-electron chi connectivity index (χ3n) is 3.64. The van der Waals surface area contributed by atoms with Crippen molar-refractivity contribution >= 4 is 29.9 Å². The number of rotatable bonds is 6. The smallest absolute Gasteiger partial charge is 0.222 e. The van der Waals surface area contributed by atoms with E-state index in [1.54, 1.807) is 32.2 Å². The maximum Gasteiger partial charge on any atom is 0.222 e. The molecule has 0 aromatic heterocycles. The number of benzene rings is 2. The molecule has 0 aliphatic heterocycles. The highest BCUT2D eigenvalue weighted by Gasteiger charge is 2.19. The quantitative estimate of drug-likeness (QED) is 0.805. The molecule has 2 rings (SSSR count). The van der Waals surface area contributed by atoms with Gasteiger partial charge in [0.1, 0.15) is 5.82 Å². The Kier molecular flexibility index (Phi) is 8.19. The van der Waals surface area contributed by atoms with Gasteiger partial charge in [0.15, 0.2) is 0 Å². The molecule has 2 N–H and O–H groups in total. The Balaban J connectivity index is 0.00000288. The molecule has 0 saturated carbocycles. The lowest BCUT2D eigenvalue weighted by atomic mass is 9.97. The molecule has 0 aliphatic carbocycles. The Morgan fingerprint density at radius 2 is 1.96 bits per heavy atom. The number of carbonyl (C=O) groups is 1. The fourth-order valence-electron chi connectivity index (χ4n) is 2.37. The summed E-state index contributed by atoms with van der Waals surface area (Å²) in [6.45, 7) is 2.29. The van der Waals surface area contributed by atoms with Gasteiger partial charge in [0.25, 0.3) is 0 Å². The van der Waals surface area contributed by atoms with Crippen LogP contribution >= 0.6 is 24.0 Å². The molecule has 0 bridgehead atoms. The summed E-state index contributed by atoms with van der Waals surface area (Å²) < 4.78 is 13.6. The van der Waals surface area contributed by atoms with Gasteiger partial charge in [0.05, 0.1) is 6.04 Å². The summed E-state index contributed by atoms with van der Waals surface area (Å²) in [6.07, 6.45) is 0.359. The Morgan fingerprint density at radius 1 is 1.25 bits per heavy atom. The summed E-state index contributed by atoms with van der Waals surface area (Å²) in [4.78, 5) is 12.2. The number of carbonyl (C=O) groups excluding carboxylic acids is 1. The number of halogens is 3. The van der Waals surface area contributed by atoms with Crippen LogP contribution in [0.4, 0.5) is 4.39 Å². The maximum absolute atomic E-state index is 13.6. The number of aryl methyl sites for hydroxylation is 1. The van der Waals surface area contributed by atoms with Crippen molar-refractivity contribution < 1.29 is 9.18 Å². The second kappa shape index (κ2) is 9.62. The van der Waals surface area contributed by atoms with Crippen LogP contribution < -0.4 is 10.6 Å². The first-order valence-corrected chi connectivity index (χ1v) is 7.85. The minimum Gasteiger partial charge on any atom is -0.345 e. The van der Waals surface area contributed by atoms with E-state index in [2.05, 4.69) is 10.6 Å². The molecule has 0 spiro atoms. The molecule has 3 nitrogen and oxygen atoms in total. The van der Waals surface area contributed by atoms with Gasteiger partial charge in [0.2, 0.25) is 5.91 Å². The van der Waals surface area contributed by atoms with Gasteiger partial charge in [-0.25, -0.2) is 4.39 Å². The van der Waals surface area contributed by atoms with Crippen LogP contribution in [-0.2, 0) is 4.79 Å². The van der Waals surface area contributed by atoms with E-state index in [0.29, 0.717) is 23.6 Å². The fraction of sp³-hybridized carbons (Fsp3) is 0.278. The van der Waals surface area contributed by atoms with Crippen molar-refractivity contribution in [2.24, 2.45) is 0 Å². The molecular weight excluding hydrogens is 350 g/mol. The number of hydrogen-bond acceptors (Lipinski definition) is 2. The first-order valence-electron chi connectivity index (χ1n) is 7.47. The van der Waals surface area contributed by atoms with Crippen LogP contribution in [0.3, 0.4) is 0 Å². The maximum atomic E-state index is 13.6. The zero-order valence-electron chi connectivity index (χ0n) is 13.6. The Labute approximate surface area is 153 Å². The molecule has 0 fully saturated rings. The lowest BCUT2D eigenvalue weighted by molar-refractivity contribution is -0.121. The van der Waals surface area contributed by atoms with Crippen LogP contribution in [0.5, 0.6) is 0 Å². The summed E-state index contributed by atoms with van der Waals surface area (Å²) in [7, 11) is 1.79. The normalized spacial score (nSPS) is 11.5. The van der Waals surface area contributed by atoms with Gasteiger partial charge in [-0.1, -0.05) is 41.9 Å². The summed E-state index contributed by atoms with van der Waals surface area (Å²) in [5, 5.41) is 6.49. The molecule has 0 heterocycles. The zero-order valence-corrected chi connectivity index (χ0v) is 15.2. The molecule has 1 atom stereocenters. The first kappa shape index (κ1) is 20.4. The van der Waals surface area contributed by atoms with Gasteiger partial charge in [-0.2, -0.15) is 0 Å². The molecule has 0 aliphatic rings. The van der Waals surface area contributed by atoms with Crippen LogP contribution in [0.2, 0.25) is 5.02 Å². The van der Waals surface area contributed by atoms with Crippen molar-refractivity contribution in [3.8, 4) is 0 Å². The van der Waals surface area contributed by atoms with Crippen molar-refractivity contribution in [1.82, 2.24) is 10.6 Å². The van der Waals surface area contributed by atoms with Crippen molar-refractivity contribution in [2.75, 3.05) is 13.6 Å². The average molecular weight is 371 g/mol. The van der Waals surface area contributed by atoms with Crippen LogP contribution in [0.25, 0.3) is 0 Å². The highest BCUT2D eigenvalue weighted by molar-refractivity contribution is 6.31. The largest absolute Gasteiger partial charge is 0.345 e. The van der Waals surface area contributed by atoms with Crippen LogP contribution in [0.15, 0.2) is 42.5 Å². The molecule has 0 saturated heterocycles. The molecule has 1 unspecified atom stereocenters. The van der Waals surface area contributed by atoms with E-state index in [1.165, 1.54) is 6.07 Å². The summed E-state index contributed by atoms with van der Waals surface area (Å²) in [5.41, 5.74) is 2.12. The fourth-order valence-corrected chi connectivity index (χ4v) is 2.61. The highest BCUT2D eigenvalue weighted by atomic mass is 35.5. The van der Waals surface area contributed by atoms with Crippen LogP contribution in [0.1, 0.15) is 29.2 Å². The van der Waals surface area contributed by atoms with E-state index >= 15 is 0 Å². The average Bonchev–Trinajstić information content (AvgIpc) is 2.54. The third-order valence-corrected chi connectivity index (χ3v) is 3.98. The van der Waals surface area contributed by atoms with E-state index in [4.69, 9.17) is 11.6 Å². The molecule has 2 aromatic carbocycles. The summed E-state index contributed by atoms with van der Waals surface area (Å²) >= 11 is 6.29. The van der Waals surface area contributed by atoms with Gasteiger partial charge in [-0.3, -0.25) is 4.79 Å². The first-order chi connectivity index (χ1) is 11.0. The lowest BCUT2D eigenvalue weighted by Gasteiger charge is -2.21.